The number of rotatable bonds is 3. The Morgan fingerprint density at radius 3 is 2.82 bits per heavy atom. The van der Waals surface area contributed by atoms with Crippen molar-refractivity contribution in [3.8, 4) is 5.75 Å². The van der Waals surface area contributed by atoms with E-state index in [0.29, 0.717) is 12.1 Å². The molecule has 1 unspecified atom stereocenters. The summed E-state index contributed by atoms with van der Waals surface area (Å²) in [6, 6.07) is 5.54. The summed E-state index contributed by atoms with van der Waals surface area (Å²) in [6.45, 7) is 8.65. The van der Waals surface area contributed by atoms with Crippen LogP contribution in [0.25, 0.3) is 10.9 Å². The minimum absolute atomic E-state index is 0.210. The van der Waals surface area contributed by atoms with Crippen molar-refractivity contribution in [2.24, 2.45) is 0 Å². The number of carbonyl (C=O) groups excluding carboxylic acids is 1. The highest BCUT2D eigenvalue weighted by Gasteiger charge is 2.24. The Morgan fingerprint density at radius 1 is 1.45 bits per heavy atom. The quantitative estimate of drug-likeness (QED) is 0.816. The third kappa shape index (κ3) is 3.22. The number of aryl methyl sites for hydroxylation is 1. The molecular weight excluding hydrogens is 284 g/mol. The van der Waals surface area contributed by atoms with Gasteiger partial charge in [-0.3, -0.25) is 0 Å². The van der Waals surface area contributed by atoms with Crippen molar-refractivity contribution in [1.82, 2.24) is 9.78 Å². The van der Waals surface area contributed by atoms with Crippen molar-refractivity contribution in [3.05, 3.63) is 23.9 Å². The molecule has 1 atom stereocenters. The number of ether oxygens (including phenoxy) is 3. The van der Waals surface area contributed by atoms with Gasteiger partial charge in [0.1, 0.15) is 24.1 Å². The summed E-state index contributed by atoms with van der Waals surface area (Å²) >= 11 is 0. The number of fused-ring (bicyclic) bond motifs is 1. The van der Waals surface area contributed by atoms with Gasteiger partial charge in [-0.25, -0.2) is 4.79 Å². The standard InChI is InChI=1S/C16H20N2O4/c1-10-13-7-11(20-8-12-9-21-12)5-6-14(13)18(17-10)15(19)22-16(2,3)4/h5-7,12H,8-9H2,1-4H3. The van der Waals surface area contributed by atoms with Gasteiger partial charge in [0, 0.05) is 5.39 Å². The van der Waals surface area contributed by atoms with Gasteiger partial charge in [0.25, 0.3) is 0 Å². The number of epoxide rings is 1. The predicted octanol–water partition coefficient (Wildman–Crippen LogP) is 2.91. The van der Waals surface area contributed by atoms with Crippen LogP contribution in [-0.4, -0.2) is 40.8 Å². The molecular formula is C16H20N2O4. The van der Waals surface area contributed by atoms with Crippen molar-refractivity contribution in [2.45, 2.75) is 39.4 Å². The van der Waals surface area contributed by atoms with Crippen molar-refractivity contribution < 1.29 is 19.0 Å². The lowest BCUT2D eigenvalue weighted by Crippen LogP contribution is -2.27. The zero-order valence-corrected chi connectivity index (χ0v) is 13.3. The fourth-order valence-electron chi connectivity index (χ4n) is 2.13. The van der Waals surface area contributed by atoms with Crippen molar-refractivity contribution >= 4 is 17.0 Å². The number of carbonyl (C=O) groups is 1. The van der Waals surface area contributed by atoms with E-state index in [2.05, 4.69) is 5.10 Å². The second-order valence-corrected chi connectivity index (χ2v) is 6.42. The molecule has 1 fully saturated rings. The Labute approximate surface area is 129 Å². The molecule has 6 heteroatoms. The highest BCUT2D eigenvalue weighted by molar-refractivity contribution is 5.90. The molecule has 0 amide bonds. The molecule has 1 aliphatic heterocycles. The molecule has 3 rings (SSSR count). The van der Waals surface area contributed by atoms with Crippen LogP contribution in [0.2, 0.25) is 0 Å². The minimum Gasteiger partial charge on any atom is -0.491 e. The normalized spacial score (nSPS) is 17.5. The van der Waals surface area contributed by atoms with Gasteiger partial charge in [-0.05, 0) is 45.9 Å². The number of hydrogen-bond acceptors (Lipinski definition) is 5. The first kappa shape index (κ1) is 14.8. The van der Waals surface area contributed by atoms with Crippen LogP contribution in [0.15, 0.2) is 18.2 Å². The second kappa shape index (κ2) is 5.28. The van der Waals surface area contributed by atoms with E-state index >= 15 is 0 Å². The zero-order chi connectivity index (χ0) is 15.9. The Hall–Kier alpha value is -2.08. The summed E-state index contributed by atoms with van der Waals surface area (Å²) in [6.07, 6.45) is -0.271. The molecule has 22 heavy (non-hydrogen) atoms. The first-order valence-electron chi connectivity index (χ1n) is 7.30. The number of aromatic nitrogens is 2. The maximum atomic E-state index is 12.2. The summed E-state index contributed by atoms with van der Waals surface area (Å²) < 4.78 is 17.5. The van der Waals surface area contributed by atoms with E-state index in [1.165, 1.54) is 4.68 Å². The SMILES string of the molecule is Cc1nn(C(=O)OC(C)(C)C)c2ccc(OCC3CO3)cc12. The highest BCUT2D eigenvalue weighted by atomic mass is 16.6. The molecule has 1 saturated heterocycles. The van der Waals surface area contributed by atoms with Crippen molar-refractivity contribution in [2.75, 3.05) is 13.2 Å². The summed E-state index contributed by atoms with van der Waals surface area (Å²) in [5.74, 6) is 0.745. The molecule has 1 aromatic heterocycles. The van der Waals surface area contributed by atoms with Crippen LogP contribution in [-0.2, 0) is 9.47 Å². The van der Waals surface area contributed by atoms with Crippen LogP contribution in [0.4, 0.5) is 4.79 Å². The molecule has 2 heterocycles. The van der Waals surface area contributed by atoms with E-state index in [1.807, 2.05) is 45.9 Å². The van der Waals surface area contributed by atoms with Gasteiger partial charge in [0.15, 0.2) is 0 Å². The summed E-state index contributed by atoms with van der Waals surface area (Å²) in [5.41, 5.74) is 0.909. The van der Waals surface area contributed by atoms with Gasteiger partial charge < -0.3 is 14.2 Å². The maximum absolute atomic E-state index is 12.2. The summed E-state index contributed by atoms with van der Waals surface area (Å²) in [7, 11) is 0. The molecule has 0 bridgehead atoms. The largest absolute Gasteiger partial charge is 0.491 e. The molecule has 118 valence electrons. The fourth-order valence-corrected chi connectivity index (χ4v) is 2.13. The number of benzene rings is 1. The van der Waals surface area contributed by atoms with Gasteiger partial charge in [0.2, 0.25) is 0 Å². The number of hydrogen-bond donors (Lipinski definition) is 0. The Balaban J connectivity index is 1.87. The van der Waals surface area contributed by atoms with Crippen LogP contribution < -0.4 is 4.74 Å². The smallest absolute Gasteiger partial charge is 0.435 e. The van der Waals surface area contributed by atoms with Crippen LogP contribution in [0, 0.1) is 6.92 Å². The maximum Gasteiger partial charge on any atom is 0.435 e. The Morgan fingerprint density at radius 2 is 2.18 bits per heavy atom. The van der Waals surface area contributed by atoms with Gasteiger partial charge in [-0.1, -0.05) is 0 Å². The third-order valence-electron chi connectivity index (χ3n) is 3.24. The average molecular weight is 304 g/mol. The van der Waals surface area contributed by atoms with Gasteiger partial charge in [-0.2, -0.15) is 9.78 Å². The summed E-state index contributed by atoms with van der Waals surface area (Å²) in [4.78, 5) is 12.2. The molecule has 6 nitrogen and oxygen atoms in total. The van der Waals surface area contributed by atoms with Crippen LogP contribution in [0.5, 0.6) is 5.75 Å². The first-order chi connectivity index (χ1) is 10.3. The van der Waals surface area contributed by atoms with Crippen molar-refractivity contribution in [3.63, 3.8) is 0 Å². The van der Waals surface area contributed by atoms with Crippen molar-refractivity contribution in [1.29, 1.82) is 0 Å². The van der Waals surface area contributed by atoms with E-state index < -0.39 is 11.7 Å². The van der Waals surface area contributed by atoms with E-state index in [1.54, 1.807) is 0 Å². The fraction of sp³-hybridized carbons (Fsp3) is 0.500. The van der Waals surface area contributed by atoms with Crippen LogP contribution >= 0.6 is 0 Å². The first-order valence-corrected chi connectivity index (χ1v) is 7.30. The lowest BCUT2D eigenvalue weighted by molar-refractivity contribution is 0.0522. The molecule has 0 aliphatic carbocycles. The molecule has 0 spiro atoms. The Kier molecular flexibility index (Phi) is 3.56. The minimum atomic E-state index is -0.559. The zero-order valence-electron chi connectivity index (χ0n) is 13.3. The predicted molar refractivity (Wildman–Crippen MR) is 81.3 cm³/mol. The van der Waals surface area contributed by atoms with Gasteiger partial charge in [-0.15, -0.1) is 0 Å². The number of nitrogens with zero attached hydrogens (tertiary/aromatic N) is 2. The topological polar surface area (TPSA) is 65.9 Å². The van der Waals surface area contributed by atoms with E-state index in [0.717, 1.165) is 23.4 Å². The van der Waals surface area contributed by atoms with E-state index in [-0.39, 0.29) is 6.10 Å². The average Bonchev–Trinajstić information content (AvgIpc) is 3.19. The Bertz CT molecular complexity index is 711. The monoisotopic (exact) mass is 304 g/mol. The molecule has 2 aromatic rings. The third-order valence-corrected chi connectivity index (χ3v) is 3.24. The van der Waals surface area contributed by atoms with Crippen LogP contribution in [0.3, 0.4) is 0 Å². The molecule has 0 N–H and O–H groups in total. The van der Waals surface area contributed by atoms with Gasteiger partial charge >= 0.3 is 6.09 Å². The second-order valence-electron chi connectivity index (χ2n) is 6.42. The van der Waals surface area contributed by atoms with E-state index in [4.69, 9.17) is 14.2 Å². The highest BCUT2D eigenvalue weighted by Crippen LogP contribution is 2.25. The molecule has 1 aromatic carbocycles. The van der Waals surface area contributed by atoms with Crippen LogP contribution in [0.1, 0.15) is 26.5 Å². The summed E-state index contributed by atoms with van der Waals surface area (Å²) in [5, 5.41) is 5.16. The van der Waals surface area contributed by atoms with Gasteiger partial charge in [0.05, 0.1) is 17.8 Å². The lowest BCUT2D eigenvalue weighted by Gasteiger charge is -2.19. The molecule has 0 saturated carbocycles. The molecule has 0 radical (unpaired) electrons. The lowest BCUT2D eigenvalue weighted by atomic mass is 10.2. The van der Waals surface area contributed by atoms with E-state index in [9.17, 15) is 4.79 Å². The molecule has 1 aliphatic rings.